The summed E-state index contributed by atoms with van der Waals surface area (Å²) in [6, 6.07) is 10.5. The smallest absolute Gasteiger partial charge is 0.335 e. The normalized spacial score (nSPS) is 10.3. The molecule has 0 unspecified atom stereocenters. The lowest BCUT2D eigenvalue weighted by Crippen LogP contribution is -2.23. The molecular weight excluding hydrogens is 292 g/mol. The summed E-state index contributed by atoms with van der Waals surface area (Å²) in [5.74, 6) is -0.975. The minimum Gasteiger partial charge on any atom is -0.478 e. The van der Waals surface area contributed by atoms with Gasteiger partial charge >= 0.3 is 5.97 Å². The Kier molecular flexibility index (Phi) is 5.46. The molecule has 0 bridgehead atoms. The van der Waals surface area contributed by atoms with E-state index in [0.29, 0.717) is 19.4 Å². The number of nitrogens with one attached hydrogen (secondary N) is 1. The first-order valence-electron chi connectivity index (χ1n) is 7.47. The Morgan fingerprint density at radius 1 is 1.04 bits per heavy atom. The predicted octanol–water partition coefficient (Wildman–Crippen LogP) is 2.65. The minimum atomic E-state index is -0.947. The van der Waals surface area contributed by atoms with E-state index in [0.717, 1.165) is 22.5 Å². The van der Waals surface area contributed by atoms with Crippen LogP contribution in [0.1, 0.15) is 39.3 Å². The van der Waals surface area contributed by atoms with Crippen LogP contribution in [0.15, 0.2) is 36.4 Å². The van der Waals surface area contributed by atoms with Gasteiger partial charge in [0, 0.05) is 24.4 Å². The summed E-state index contributed by atoms with van der Waals surface area (Å²) in [6.45, 7) is 4.35. The molecule has 1 aromatic heterocycles. The molecular formula is C18H20N2O3. The zero-order valence-corrected chi connectivity index (χ0v) is 13.3. The van der Waals surface area contributed by atoms with Crippen molar-refractivity contribution in [3.8, 4) is 0 Å². The maximum absolute atomic E-state index is 11.9. The number of amides is 1. The number of pyridine rings is 1. The molecule has 23 heavy (non-hydrogen) atoms. The zero-order chi connectivity index (χ0) is 16.8. The number of benzene rings is 1. The number of carbonyl (C=O) groups excluding carboxylic acids is 1. The average Bonchev–Trinajstić information content (AvgIpc) is 2.50. The number of hydrogen-bond donors (Lipinski definition) is 2. The van der Waals surface area contributed by atoms with E-state index in [1.54, 1.807) is 24.3 Å². The van der Waals surface area contributed by atoms with Crippen LogP contribution >= 0.6 is 0 Å². The van der Waals surface area contributed by atoms with Gasteiger partial charge in [0.15, 0.2) is 0 Å². The van der Waals surface area contributed by atoms with Crippen LogP contribution < -0.4 is 5.32 Å². The third-order valence-electron chi connectivity index (χ3n) is 3.47. The number of carbonyl (C=O) groups is 2. The molecule has 1 heterocycles. The second-order valence-corrected chi connectivity index (χ2v) is 5.54. The average molecular weight is 312 g/mol. The molecule has 2 N–H and O–H groups in total. The quantitative estimate of drug-likeness (QED) is 0.859. The van der Waals surface area contributed by atoms with Crippen LogP contribution in [0.4, 0.5) is 0 Å². The first-order chi connectivity index (χ1) is 10.9. The van der Waals surface area contributed by atoms with E-state index in [4.69, 9.17) is 5.11 Å². The minimum absolute atomic E-state index is 0.0283. The summed E-state index contributed by atoms with van der Waals surface area (Å²) < 4.78 is 0. The van der Waals surface area contributed by atoms with Crippen molar-refractivity contribution in [2.24, 2.45) is 0 Å². The number of hydrogen-bond acceptors (Lipinski definition) is 3. The van der Waals surface area contributed by atoms with Gasteiger partial charge in [0.1, 0.15) is 0 Å². The van der Waals surface area contributed by atoms with Gasteiger partial charge < -0.3 is 10.4 Å². The number of aryl methyl sites for hydroxylation is 3. The van der Waals surface area contributed by atoms with Gasteiger partial charge in [-0.1, -0.05) is 12.1 Å². The van der Waals surface area contributed by atoms with Gasteiger partial charge in [-0.2, -0.15) is 0 Å². The molecule has 5 nitrogen and oxygen atoms in total. The van der Waals surface area contributed by atoms with Crippen molar-refractivity contribution in [1.82, 2.24) is 10.3 Å². The highest BCUT2D eigenvalue weighted by molar-refractivity contribution is 5.87. The monoisotopic (exact) mass is 312 g/mol. The number of carboxylic acids is 1. The molecule has 1 aromatic carbocycles. The van der Waals surface area contributed by atoms with Crippen LogP contribution in [-0.2, 0) is 17.8 Å². The highest BCUT2D eigenvalue weighted by Gasteiger charge is 2.05. The Morgan fingerprint density at radius 3 is 2.22 bits per heavy atom. The van der Waals surface area contributed by atoms with Crippen molar-refractivity contribution in [1.29, 1.82) is 0 Å². The van der Waals surface area contributed by atoms with Gasteiger partial charge in [0.25, 0.3) is 0 Å². The Balaban J connectivity index is 1.81. The molecule has 2 rings (SSSR count). The van der Waals surface area contributed by atoms with E-state index in [2.05, 4.69) is 10.3 Å². The molecule has 2 aromatic rings. The molecule has 0 saturated heterocycles. The Hall–Kier alpha value is -2.69. The van der Waals surface area contributed by atoms with Crippen molar-refractivity contribution in [3.05, 3.63) is 64.5 Å². The molecule has 0 aliphatic rings. The molecule has 0 fully saturated rings. The van der Waals surface area contributed by atoms with Gasteiger partial charge in [0.05, 0.1) is 5.56 Å². The SMILES string of the molecule is Cc1cc(CNC(=O)CCc2ccc(C(=O)O)cc2)cc(C)n1. The van der Waals surface area contributed by atoms with Crippen molar-refractivity contribution < 1.29 is 14.7 Å². The standard InChI is InChI=1S/C18H20N2O3/c1-12-9-15(10-13(2)20-12)11-19-17(21)8-5-14-3-6-16(7-4-14)18(22)23/h3-4,6-7,9-10H,5,8,11H2,1-2H3,(H,19,21)(H,22,23). The summed E-state index contributed by atoms with van der Waals surface area (Å²) in [6.07, 6.45) is 0.954. The summed E-state index contributed by atoms with van der Waals surface area (Å²) in [5, 5.41) is 11.7. The van der Waals surface area contributed by atoms with Crippen LogP contribution in [0.5, 0.6) is 0 Å². The van der Waals surface area contributed by atoms with E-state index in [1.807, 2.05) is 26.0 Å². The fourth-order valence-electron chi connectivity index (χ4n) is 2.38. The lowest BCUT2D eigenvalue weighted by molar-refractivity contribution is -0.121. The number of rotatable bonds is 6. The van der Waals surface area contributed by atoms with Crippen molar-refractivity contribution in [3.63, 3.8) is 0 Å². The van der Waals surface area contributed by atoms with Crippen molar-refractivity contribution in [2.75, 3.05) is 0 Å². The molecule has 0 aliphatic heterocycles. The first-order valence-corrected chi connectivity index (χ1v) is 7.47. The van der Waals surface area contributed by atoms with E-state index in [9.17, 15) is 9.59 Å². The van der Waals surface area contributed by atoms with E-state index >= 15 is 0 Å². The third kappa shape index (κ3) is 5.21. The van der Waals surface area contributed by atoms with Gasteiger partial charge in [-0.3, -0.25) is 9.78 Å². The molecule has 0 spiro atoms. The Labute approximate surface area is 135 Å². The van der Waals surface area contributed by atoms with Crippen LogP contribution in [0, 0.1) is 13.8 Å². The lowest BCUT2D eigenvalue weighted by Gasteiger charge is -2.07. The lowest BCUT2D eigenvalue weighted by atomic mass is 10.1. The molecule has 1 amide bonds. The van der Waals surface area contributed by atoms with Gasteiger partial charge in [-0.25, -0.2) is 4.79 Å². The third-order valence-corrected chi connectivity index (χ3v) is 3.47. The second-order valence-electron chi connectivity index (χ2n) is 5.54. The maximum atomic E-state index is 11.9. The Morgan fingerprint density at radius 2 is 1.65 bits per heavy atom. The second kappa shape index (κ2) is 7.54. The van der Waals surface area contributed by atoms with Gasteiger partial charge in [-0.15, -0.1) is 0 Å². The van der Waals surface area contributed by atoms with Crippen molar-refractivity contribution >= 4 is 11.9 Å². The summed E-state index contributed by atoms with van der Waals surface area (Å²) in [5.41, 5.74) is 4.11. The number of carboxylic acid groups (broad SMARTS) is 1. The zero-order valence-electron chi connectivity index (χ0n) is 13.3. The molecule has 5 heteroatoms. The van der Waals surface area contributed by atoms with Gasteiger partial charge in [0.2, 0.25) is 5.91 Å². The summed E-state index contributed by atoms with van der Waals surface area (Å²) >= 11 is 0. The first kappa shape index (κ1) is 16.7. The number of nitrogens with zero attached hydrogens (tertiary/aromatic N) is 1. The molecule has 0 saturated carbocycles. The fraction of sp³-hybridized carbons (Fsp3) is 0.278. The van der Waals surface area contributed by atoms with Crippen molar-refractivity contribution in [2.45, 2.75) is 33.2 Å². The largest absolute Gasteiger partial charge is 0.478 e. The number of aromatic carboxylic acids is 1. The highest BCUT2D eigenvalue weighted by Crippen LogP contribution is 2.08. The molecule has 0 aliphatic carbocycles. The topological polar surface area (TPSA) is 79.3 Å². The predicted molar refractivity (Wildman–Crippen MR) is 87.3 cm³/mol. The summed E-state index contributed by atoms with van der Waals surface area (Å²) in [7, 11) is 0. The Bertz CT molecular complexity index is 688. The highest BCUT2D eigenvalue weighted by atomic mass is 16.4. The number of aromatic nitrogens is 1. The molecule has 120 valence electrons. The van der Waals surface area contributed by atoms with Crippen LogP contribution in [0.2, 0.25) is 0 Å². The van der Waals surface area contributed by atoms with Crippen LogP contribution in [0.3, 0.4) is 0 Å². The van der Waals surface area contributed by atoms with Crippen LogP contribution in [-0.4, -0.2) is 22.0 Å². The summed E-state index contributed by atoms with van der Waals surface area (Å²) in [4.78, 5) is 27.0. The molecule has 0 atom stereocenters. The van der Waals surface area contributed by atoms with Gasteiger partial charge in [-0.05, 0) is 55.7 Å². The molecule has 0 radical (unpaired) electrons. The van der Waals surface area contributed by atoms with E-state index in [-0.39, 0.29) is 11.5 Å². The van der Waals surface area contributed by atoms with E-state index in [1.165, 1.54) is 0 Å². The van der Waals surface area contributed by atoms with Crippen LogP contribution in [0.25, 0.3) is 0 Å². The maximum Gasteiger partial charge on any atom is 0.335 e. The fourth-order valence-corrected chi connectivity index (χ4v) is 2.38. The van der Waals surface area contributed by atoms with E-state index < -0.39 is 5.97 Å².